The van der Waals surface area contributed by atoms with Gasteiger partial charge >= 0.3 is 6.18 Å². The molecule has 0 aliphatic heterocycles. The van der Waals surface area contributed by atoms with Gasteiger partial charge in [0.25, 0.3) is 0 Å². The lowest BCUT2D eigenvalue weighted by Gasteiger charge is -2.32. The van der Waals surface area contributed by atoms with Crippen molar-refractivity contribution in [2.75, 3.05) is 6.26 Å². The molecule has 3 nitrogen and oxygen atoms in total. The summed E-state index contributed by atoms with van der Waals surface area (Å²) < 4.78 is 37.8. The fourth-order valence-electron chi connectivity index (χ4n) is 1.95. The van der Waals surface area contributed by atoms with Crippen molar-refractivity contribution in [2.24, 2.45) is 5.73 Å². The molecule has 1 aliphatic rings. The first-order valence-corrected chi connectivity index (χ1v) is 7.16. The lowest BCUT2D eigenvalue weighted by Crippen LogP contribution is -2.63. The third kappa shape index (κ3) is 3.54. The van der Waals surface area contributed by atoms with Gasteiger partial charge in [-0.1, -0.05) is 6.42 Å². The Morgan fingerprint density at radius 1 is 1.39 bits per heavy atom. The third-order valence-electron chi connectivity index (χ3n) is 3.36. The summed E-state index contributed by atoms with van der Waals surface area (Å²) >= 11 is 1.68. The van der Waals surface area contributed by atoms with Gasteiger partial charge in [-0.3, -0.25) is 4.79 Å². The van der Waals surface area contributed by atoms with Crippen molar-refractivity contribution < 1.29 is 18.0 Å². The van der Waals surface area contributed by atoms with E-state index in [-0.39, 0.29) is 6.04 Å². The van der Waals surface area contributed by atoms with E-state index in [1.54, 1.807) is 11.8 Å². The van der Waals surface area contributed by atoms with E-state index in [0.29, 0.717) is 18.6 Å². The average molecular weight is 284 g/mol. The van der Waals surface area contributed by atoms with Crippen molar-refractivity contribution in [1.82, 2.24) is 5.32 Å². The fraction of sp³-hybridized carbons (Fsp3) is 0.909. The van der Waals surface area contributed by atoms with Gasteiger partial charge in [-0.2, -0.15) is 24.9 Å². The van der Waals surface area contributed by atoms with Gasteiger partial charge in [0.1, 0.15) is 0 Å². The van der Waals surface area contributed by atoms with Gasteiger partial charge in [0.05, 0.1) is 0 Å². The molecule has 0 saturated heterocycles. The number of nitrogens with two attached hydrogens (primary N) is 1. The number of nitrogens with one attached hydrogen (secondary N) is 1. The van der Waals surface area contributed by atoms with E-state index in [1.807, 2.05) is 6.26 Å². The summed E-state index contributed by atoms with van der Waals surface area (Å²) in [6, 6.07) is -0.200. The zero-order valence-electron chi connectivity index (χ0n) is 10.5. The minimum atomic E-state index is -4.73. The molecule has 3 N–H and O–H groups in total. The smallest absolute Gasteiger partial charge is 0.351 e. The van der Waals surface area contributed by atoms with Crippen molar-refractivity contribution in [1.29, 1.82) is 0 Å². The number of carbonyl (C=O) groups is 1. The van der Waals surface area contributed by atoms with Gasteiger partial charge in [-0.05, 0) is 32.4 Å². The molecule has 3 unspecified atom stereocenters. The molecule has 0 aromatic carbocycles. The number of carbonyl (C=O) groups excluding carboxylic acids is 1. The molecule has 1 fully saturated rings. The van der Waals surface area contributed by atoms with Crippen molar-refractivity contribution in [2.45, 2.75) is 55.6 Å². The highest BCUT2D eigenvalue weighted by atomic mass is 32.2. The molecule has 1 rings (SSSR count). The summed E-state index contributed by atoms with van der Waals surface area (Å²) in [6.07, 6.45) is 0.635. The molecule has 0 aromatic heterocycles. The van der Waals surface area contributed by atoms with Crippen LogP contribution in [0.3, 0.4) is 0 Å². The summed E-state index contributed by atoms with van der Waals surface area (Å²) in [6.45, 7) is 0.706. The number of rotatable bonds is 3. The van der Waals surface area contributed by atoms with Crippen LogP contribution in [0.5, 0.6) is 0 Å². The van der Waals surface area contributed by atoms with Crippen LogP contribution in [0.2, 0.25) is 0 Å². The molecule has 1 amide bonds. The molecule has 0 bridgehead atoms. The molecule has 0 heterocycles. The summed E-state index contributed by atoms with van der Waals surface area (Å²) in [4.78, 5) is 11.6. The normalized spacial score (nSPS) is 28.6. The lowest BCUT2D eigenvalue weighted by molar-refractivity contribution is -0.187. The Balaban J connectivity index is 2.59. The topological polar surface area (TPSA) is 55.1 Å². The van der Waals surface area contributed by atoms with Crippen molar-refractivity contribution in [3.8, 4) is 0 Å². The van der Waals surface area contributed by atoms with Crippen LogP contribution in [0.1, 0.15) is 32.6 Å². The number of hydrogen-bond acceptors (Lipinski definition) is 3. The van der Waals surface area contributed by atoms with E-state index >= 15 is 0 Å². The minimum absolute atomic E-state index is 0.200. The maximum atomic E-state index is 12.6. The second-order valence-corrected chi connectivity index (χ2v) is 6.03. The second-order valence-electron chi connectivity index (χ2n) is 4.89. The highest BCUT2D eigenvalue weighted by molar-refractivity contribution is 7.99. The summed E-state index contributed by atoms with van der Waals surface area (Å²) in [7, 11) is 0. The predicted molar refractivity (Wildman–Crippen MR) is 66.3 cm³/mol. The van der Waals surface area contributed by atoms with Gasteiger partial charge < -0.3 is 11.1 Å². The molecule has 3 atom stereocenters. The van der Waals surface area contributed by atoms with Gasteiger partial charge in [0, 0.05) is 11.3 Å². The van der Waals surface area contributed by atoms with Crippen LogP contribution >= 0.6 is 11.8 Å². The Hall–Kier alpha value is -0.430. The maximum Gasteiger partial charge on any atom is 0.415 e. The Bertz CT molecular complexity index is 307. The zero-order chi connectivity index (χ0) is 14.0. The van der Waals surface area contributed by atoms with Crippen LogP contribution in [0.25, 0.3) is 0 Å². The SMILES string of the molecule is CSC1CCCC(NC(=O)C(C)(N)C(F)(F)F)C1. The molecule has 0 spiro atoms. The minimum Gasteiger partial charge on any atom is -0.351 e. The van der Waals surface area contributed by atoms with Crippen LogP contribution in [-0.2, 0) is 4.79 Å². The monoisotopic (exact) mass is 284 g/mol. The second kappa shape index (κ2) is 5.69. The highest BCUT2D eigenvalue weighted by Crippen LogP contribution is 2.30. The van der Waals surface area contributed by atoms with Crippen molar-refractivity contribution >= 4 is 17.7 Å². The number of thioether (sulfide) groups is 1. The molecular formula is C11H19F3N2OS. The first-order valence-electron chi connectivity index (χ1n) is 5.88. The zero-order valence-corrected chi connectivity index (χ0v) is 11.3. The summed E-state index contributed by atoms with van der Waals surface area (Å²) in [5.41, 5.74) is 2.26. The fourth-order valence-corrected chi connectivity index (χ4v) is 2.78. The van der Waals surface area contributed by atoms with Gasteiger partial charge in [-0.15, -0.1) is 0 Å². The quantitative estimate of drug-likeness (QED) is 0.834. The van der Waals surface area contributed by atoms with Gasteiger partial charge in [0.15, 0.2) is 5.54 Å². The van der Waals surface area contributed by atoms with Crippen LogP contribution < -0.4 is 11.1 Å². The lowest BCUT2D eigenvalue weighted by atomic mass is 9.93. The number of alkyl halides is 3. The molecule has 0 aromatic rings. The summed E-state index contributed by atoms with van der Waals surface area (Å²) in [5.74, 6) is -1.14. The Labute approximate surface area is 109 Å². The van der Waals surface area contributed by atoms with Crippen LogP contribution in [0.4, 0.5) is 13.2 Å². The largest absolute Gasteiger partial charge is 0.415 e. The van der Waals surface area contributed by atoms with Crippen molar-refractivity contribution in [3.05, 3.63) is 0 Å². The maximum absolute atomic E-state index is 12.6. The van der Waals surface area contributed by atoms with E-state index in [2.05, 4.69) is 5.32 Å². The Morgan fingerprint density at radius 3 is 2.50 bits per heavy atom. The molecule has 106 valence electrons. The standard InChI is InChI=1S/C11H19F3N2OS/c1-10(15,11(12,13)14)9(17)16-7-4-3-5-8(6-7)18-2/h7-8H,3-6,15H2,1-2H3,(H,16,17). The molecular weight excluding hydrogens is 265 g/mol. The van der Waals surface area contributed by atoms with E-state index < -0.39 is 17.6 Å². The number of hydrogen-bond donors (Lipinski definition) is 2. The molecule has 1 aliphatic carbocycles. The van der Waals surface area contributed by atoms with Crippen LogP contribution in [-0.4, -0.2) is 35.2 Å². The van der Waals surface area contributed by atoms with Gasteiger partial charge in [-0.25, -0.2) is 0 Å². The number of amides is 1. The first kappa shape index (κ1) is 15.6. The summed E-state index contributed by atoms with van der Waals surface area (Å²) in [5, 5.41) is 2.83. The molecule has 18 heavy (non-hydrogen) atoms. The average Bonchev–Trinajstić information content (AvgIpc) is 2.27. The first-order chi connectivity index (χ1) is 8.18. The van der Waals surface area contributed by atoms with Crippen molar-refractivity contribution in [3.63, 3.8) is 0 Å². The Kier molecular flexibility index (Phi) is 4.94. The van der Waals surface area contributed by atoms with Crippen LogP contribution in [0, 0.1) is 0 Å². The van der Waals surface area contributed by atoms with E-state index in [1.165, 1.54) is 0 Å². The molecule has 1 saturated carbocycles. The number of halogens is 3. The predicted octanol–water partition coefficient (Wildman–Crippen LogP) is 2.06. The third-order valence-corrected chi connectivity index (χ3v) is 4.45. The van der Waals surface area contributed by atoms with E-state index in [0.717, 1.165) is 19.3 Å². The van der Waals surface area contributed by atoms with E-state index in [4.69, 9.17) is 5.73 Å². The van der Waals surface area contributed by atoms with E-state index in [9.17, 15) is 18.0 Å². The van der Waals surface area contributed by atoms with Gasteiger partial charge in [0.2, 0.25) is 5.91 Å². The van der Waals surface area contributed by atoms with Crippen LogP contribution in [0.15, 0.2) is 0 Å². The molecule has 7 heteroatoms. The highest BCUT2D eigenvalue weighted by Gasteiger charge is 2.54. The molecule has 0 radical (unpaired) electrons. The Morgan fingerprint density at radius 2 is 2.00 bits per heavy atom.